The van der Waals surface area contributed by atoms with Gasteiger partial charge in [-0.1, -0.05) is 45.0 Å². The number of ether oxygens (including phenoxy) is 2. The summed E-state index contributed by atoms with van der Waals surface area (Å²) >= 11 is 0. The monoisotopic (exact) mass is 544 g/mol. The number of nitrogens with zero attached hydrogens (tertiary/aromatic N) is 2. The molecular weight excluding hydrogens is 500 g/mol. The van der Waals surface area contributed by atoms with Gasteiger partial charge in [0.05, 0.1) is 18.8 Å². The van der Waals surface area contributed by atoms with Gasteiger partial charge in [-0.3, -0.25) is 0 Å². The van der Waals surface area contributed by atoms with Gasteiger partial charge in [0.2, 0.25) is 0 Å². The number of hydrogen-bond acceptors (Lipinski definition) is 6. The van der Waals surface area contributed by atoms with Crippen LogP contribution in [0.5, 0.6) is 5.75 Å². The number of carbonyl (C=O) groups excluding carboxylic acids is 1. The SMILES string of the molecule is CN(C)CCCOC(=O)c1ccc(-c2ccc(OCCO)c(-c3ccc(N4CCCC4)c(C(C)(C)C)c3)c2)cc1. The van der Waals surface area contributed by atoms with Crippen molar-refractivity contribution in [2.75, 3.05) is 58.5 Å². The molecule has 1 fully saturated rings. The lowest BCUT2D eigenvalue weighted by Gasteiger charge is -2.29. The topological polar surface area (TPSA) is 62.2 Å². The largest absolute Gasteiger partial charge is 0.491 e. The molecule has 40 heavy (non-hydrogen) atoms. The molecular formula is C34H44N2O4. The highest BCUT2D eigenvalue weighted by atomic mass is 16.5. The molecule has 1 aliphatic rings. The number of aliphatic hydroxyl groups is 1. The van der Waals surface area contributed by atoms with Crippen molar-refractivity contribution in [3.8, 4) is 28.0 Å². The van der Waals surface area contributed by atoms with Crippen LogP contribution in [-0.2, 0) is 10.2 Å². The van der Waals surface area contributed by atoms with Crippen LogP contribution in [0.1, 0.15) is 56.0 Å². The van der Waals surface area contributed by atoms with E-state index in [1.165, 1.54) is 24.1 Å². The number of hydrogen-bond donors (Lipinski definition) is 1. The number of benzene rings is 3. The molecule has 0 radical (unpaired) electrons. The Labute approximate surface area is 239 Å². The van der Waals surface area contributed by atoms with E-state index in [4.69, 9.17) is 9.47 Å². The van der Waals surface area contributed by atoms with Crippen molar-refractivity contribution < 1.29 is 19.4 Å². The summed E-state index contributed by atoms with van der Waals surface area (Å²) in [5.74, 6) is 0.441. The van der Waals surface area contributed by atoms with Crippen molar-refractivity contribution in [3.05, 3.63) is 71.8 Å². The molecule has 0 bridgehead atoms. The molecule has 1 heterocycles. The van der Waals surface area contributed by atoms with E-state index in [2.05, 4.69) is 54.8 Å². The number of esters is 1. The molecule has 6 heteroatoms. The third-order valence-electron chi connectivity index (χ3n) is 7.33. The van der Waals surface area contributed by atoms with Gasteiger partial charge in [0.15, 0.2) is 0 Å². The minimum atomic E-state index is -0.299. The van der Waals surface area contributed by atoms with Crippen molar-refractivity contribution >= 4 is 11.7 Å². The zero-order chi connectivity index (χ0) is 28.7. The van der Waals surface area contributed by atoms with Gasteiger partial charge in [-0.15, -0.1) is 0 Å². The Kier molecular flexibility index (Phi) is 9.88. The number of anilines is 1. The summed E-state index contributed by atoms with van der Waals surface area (Å²) in [5, 5.41) is 9.42. The third kappa shape index (κ3) is 7.43. The normalized spacial score (nSPS) is 13.6. The van der Waals surface area contributed by atoms with Gasteiger partial charge in [0, 0.05) is 30.9 Å². The first-order valence-corrected chi connectivity index (χ1v) is 14.4. The Morgan fingerprint density at radius 3 is 2.23 bits per heavy atom. The number of rotatable bonds is 11. The lowest BCUT2D eigenvalue weighted by Crippen LogP contribution is -2.23. The molecule has 4 rings (SSSR count). The first-order chi connectivity index (χ1) is 19.2. The molecule has 0 unspecified atom stereocenters. The minimum Gasteiger partial charge on any atom is -0.491 e. The summed E-state index contributed by atoms with van der Waals surface area (Å²) in [6.07, 6.45) is 3.28. The van der Waals surface area contributed by atoms with Gasteiger partial charge in [-0.2, -0.15) is 0 Å². The van der Waals surface area contributed by atoms with Crippen LogP contribution in [0.2, 0.25) is 0 Å². The lowest BCUT2D eigenvalue weighted by molar-refractivity contribution is 0.0493. The van der Waals surface area contributed by atoms with Crippen LogP contribution in [0.4, 0.5) is 5.69 Å². The average molecular weight is 545 g/mol. The van der Waals surface area contributed by atoms with E-state index in [0.717, 1.165) is 54.1 Å². The summed E-state index contributed by atoms with van der Waals surface area (Å²) in [7, 11) is 4.01. The van der Waals surface area contributed by atoms with Gasteiger partial charge in [0.25, 0.3) is 0 Å². The molecule has 0 aromatic heterocycles. The summed E-state index contributed by atoms with van der Waals surface area (Å²) in [6, 6.07) is 20.4. The van der Waals surface area contributed by atoms with Crippen LogP contribution >= 0.6 is 0 Å². The highest BCUT2D eigenvalue weighted by Crippen LogP contribution is 2.40. The smallest absolute Gasteiger partial charge is 0.338 e. The van der Waals surface area contributed by atoms with Gasteiger partial charge in [0.1, 0.15) is 12.4 Å². The fourth-order valence-corrected chi connectivity index (χ4v) is 5.18. The molecule has 0 spiro atoms. The van der Waals surface area contributed by atoms with Crippen molar-refractivity contribution in [1.82, 2.24) is 4.90 Å². The molecule has 0 aliphatic carbocycles. The van der Waals surface area contributed by atoms with Crippen molar-refractivity contribution in [3.63, 3.8) is 0 Å². The first kappa shape index (κ1) is 29.6. The quantitative estimate of drug-likeness (QED) is 0.223. The molecule has 214 valence electrons. The lowest BCUT2D eigenvalue weighted by atomic mass is 9.83. The molecule has 3 aromatic rings. The average Bonchev–Trinajstić information content (AvgIpc) is 3.48. The maximum Gasteiger partial charge on any atom is 0.338 e. The fraction of sp³-hybridized carbons (Fsp3) is 0.441. The van der Waals surface area contributed by atoms with Gasteiger partial charge in [-0.25, -0.2) is 4.79 Å². The minimum absolute atomic E-state index is 0.0193. The summed E-state index contributed by atoms with van der Waals surface area (Å²) in [4.78, 5) is 17.1. The van der Waals surface area contributed by atoms with E-state index in [1.807, 2.05) is 50.5 Å². The molecule has 3 aromatic carbocycles. The van der Waals surface area contributed by atoms with Crippen molar-refractivity contribution in [2.45, 2.75) is 45.4 Å². The van der Waals surface area contributed by atoms with Gasteiger partial charge in [-0.05, 0) is 97.4 Å². The Balaban J connectivity index is 1.63. The first-order valence-electron chi connectivity index (χ1n) is 14.4. The second-order valence-corrected chi connectivity index (χ2v) is 11.8. The molecule has 0 atom stereocenters. The number of aliphatic hydroxyl groups excluding tert-OH is 1. The van der Waals surface area contributed by atoms with Crippen LogP contribution in [0.3, 0.4) is 0 Å². The Morgan fingerprint density at radius 1 is 0.900 bits per heavy atom. The van der Waals surface area contributed by atoms with Crippen LogP contribution in [0.15, 0.2) is 60.7 Å². The van der Waals surface area contributed by atoms with E-state index in [9.17, 15) is 9.90 Å². The van der Waals surface area contributed by atoms with E-state index < -0.39 is 0 Å². The maximum atomic E-state index is 12.5. The zero-order valence-electron chi connectivity index (χ0n) is 24.7. The van der Waals surface area contributed by atoms with Gasteiger partial charge < -0.3 is 24.4 Å². The highest BCUT2D eigenvalue weighted by molar-refractivity contribution is 5.90. The summed E-state index contributed by atoms with van der Waals surface area (Å²) in [5.41, 5.74) is 7.25. The fourth-order valence-electron chi connectivity index (χ4n) is 5.18. The van der Waals surface area contributed by atoms with Crippen LogP contribution in [0.25, 0.3) is 22.3 Å². The van der Waals surface area contributed by atoms with Crippen LogP contribution in [0, 0.1) is 0 Å². The predicted molar refractivity (Wildman–Crippen MR) is 163 cm³/mol. The van der Waals surface area contributed by atoms with Gasteiger partial charge >= 0.3 is 5.97 Å². The Bertz CT molecular complexity index is 1270. The van der Waals surface area contributed by atoms with E-state index in [0.29, 0.717) is 12.2 Å². The van der Waals surface area contributed by atoms with Crippen molar-refractivity contribution in [1.29, 1.82) is 0 Å². The molecule has 1 aliphatic heterocycles. The maximum absolute atomic E-state index is 12.5. The summed E-state index contributed by atoms with van der Waals surface area (Å²) < 4.78 is 11.4. The second kappa shape index (κ2) is 13.3. The van der Waals surface area contributed by atoms with E-state index in [-0.39, 0.29) is 24.6 Å². The molecule has 6 nitrogen and oxygen atoms in total. The van der Waals surface area contributed by atoms with Crippen LogP contribution in [-0.4, -0.2) is 69.5 Å². The molecule has 1 saturated heterocycles. The molecule has 0 saturated carbocycles. The summed E-state index contributed by atoms with van der Waals surface area (Å²) in [6.45, 7) is 10.5. The number of carbonyl (C=O) groups is 1. The predicted octanol–water partition coefficient (Wildman–Crippen LogP) is 6.40. The molecule has 0 amide bonds. The van der Waals surface area contributed by atoms with E-state index >= 15 is 0 Å². The Morgan fingerprint density at radius 2 is 1.57 bits per heavy atom. The second-order valence-electron chi connectivity index (χ2n) is 11.8. The standard InChI is InChI=1S/C34H44N2O4/c1-34(2,3)30-24-28(13-15-31(30)36-18-6-7-19-36)29-23-27(14-16-32(29)39-22-20-37)25-9-11-26(12-10-25)33(38)40-21-8-17-35(4)5/h9-16,23-24,37H,6-8,17-22H2,1-5H3. The van der Waals surface area contributed by atoms with Crippen LogP contribution < -0.4 is 9.64 Å². The molecule has 1 N–H and O–H groups in total. The Hall–Kier alpha value is -3.35. The third-order valence-corrected chi connectivity index (χ3v) is 7.33. The van der Waals surface area contributed by atoms with E-state index in [1.54, 1.807) is 0 Å². The van der Waals surface area contributed by atoms with Crippen molar-refractivity contribution in [2.24, 2.45) is 0 Å². The highest BCUT2D eigenvalue weighted by Gasteiger charge is 2.24. The zero-order valence-corrected chi connectivity index (χ0v) is 24.7.